The quantitative estimate of drug-likeness (QED) is 0.856. The fourth-order valence-electron chi connectivity index (χ4n) is 1.59. The van der Waals surface area contributed by atoms with Crippen LogP contribution in [0, 0.1) is 0 Å². The number of hydrogen-bond donors (Lipinski definition) is 1. The Bertz CT molecular complexity index is 479. The van der Waals surface area contributed by atoms with Gasteiger partial charge in [0.2, 0.25) is 0 Å². The Morgan fingerprint density at radius 2 is 2.00 bits per heavy atom. The molecule has 0 aliphatic heterocycles. The number of nitrogens with zero attached hydrogens (tertiary/aromatic N) is 4. The van der Waals surface area contributed by atoms with Crippen LogP contribution < -0.4 is 5.32 Å². The van der Waals surface area contributed by atoms with Crippen molar-refractivity contribution in [1.82, 2.24) is 25.5 Å². The van der Waals surface area contributed by atoms with Crippen molar-refractivity contribution >= 4 is 11.6 Å². The third-order valence-corrected chi connectivity index (χ3v) is 2.86. The zero-order chi connectivity index (χ0) is 12.8. The molecule has 0 aliphatic carbocycles. The van der Waals surface area contributed by atoms with Gasteiger partial charge in [-0.2, -0.15) is 4.80 Å². The number of rotatable bonds is 6. The van der Waals surface area contributed by atoms with E-state index in [0.29, 0.717) is 0 Å². The van der Waals surface area contributed by atoms with Gasteiger partial charge in [0.25, 0.3) is 0 Å². The fraction of sp³-hybridized carbons (Fsp3) is 0.417. The van der Waals surface area contributed by atoms with E-state index < -0.39 is 0 Å². The zero-order valence-electron chi connectivity index (χ0n) is 10.3. The van der Waals surface area contributed by atoms with Gasteiger partial charge in [0.05, 0.1) is 6.54 Å². The molecule has 18 heavy (non-hydrogen) atoms. The molecule has 0 atom stereocenters. The predicted octanol–water partition coefficient (Wildman–Crippen LogP) is 1.33. The SMILES string of the molecule is CNCCn1nnc(CCc2ccc(Cl)cc2)n1. The average molecular weight is 266 g/mol. The van der Waals surface area contributed by atoms with Gasteiger partial charge < -0.3 is 5.32 Å². The second-order valence-electron chi connectivity index (χ2n) is 4.03. The predicted molar refractivity (Wildman–Crippen MR) is 70.6 cm³/mol. The van der Waals surface area contributed by atoms with E-state index in [4.69, 9.17) is 11.6 Å². The largest absolute Gasteiger partial charge is 0.318 e. The molecule has 0 spiro atoms. The van der Waals surface area contributed by atoms with E-state index >= 15 is 0 Å². The van der Waals surface area contributed by atoms with Gasteiger partial charge >= 0.3 is 0 Å². The number of tetrazole rings is 1. The lowest BCUT2D eigenvalue weighted by atomic mass is 10.1. The molecule has 2 aromatic rings. The van der Waals surface area contributed by atoms with Crippen LogP contribution in [-0.4, -0.2) is 33.8 Å². The smallest absolute Gasteiger partial charge is 0.175 e. The van der Waals surface area contributed by atoms with E-state index in [1.54, 1.807) is 4.80 Å². The van der Waals surface area contributed by atoms with Crippen LogP contribution in [0.1, 0.15) is 11.4 Å². The Kier molecular flexibility index (Phi) is 4.66. The van der Waals surface area contributed by atoms with Gasteiger partial charge in [-0.25, -0.2) is 0 Å². The van der Waals surface area contributed by atoms with E-state index in [9.17, 15) is 0 Å². The second-order valence-corrected chi connectivity index (χ2v) is 4.47. The van der Waals surface area contributed by atoms with E-state index in [-0.39, 0.29) is 0 Å². The standard InChI is InChI=1S/C12H16ClN5/c1-14-8-9-18-16-12(15-17-18)7-4-10-2-5-11(13)6-3-10/h2-3,5-6,14H,4,7-9H2,1H3. The number of likely N-dealkylation sites (N-methyl/N-ethyl adjacent to an activating group) is 1. The first-order valence-electron chi connectivity index (χ1n) is 5.93. The number of nitrogens with one attached hydrogen (secondary N) is 1. The van der Waals surface area contributed by atoms with Gasteiger partial charge in [-0.15, -0.1) is 10.2 Å². The zero-order valence-corrected chi connectivity index (χ0v) is 11.1. The summed E-state index contributed by atoms with van der Waals surface area (Å²) in [5, 5.41) is 16.1. The van der Waals surface area contributed by atoms with Crippen LogP contribution in [0.25, 0.3) is 0 Å². The molecule has 0 saturated carbocycles. The van der Waals surface area contributed by atoms with E-state index in [1.807, 2.05) is 31.3 Å². The molecule has 1 aromatic carbocycles. The highest BCUT2D eigenvalue weighted by Gasteiger charge is 2.03. The van der Waals surface area contributed by atoms with E-state index in [2.05, 4.69) is 20.7 Å². The minimum absolute atomic E-state index is 0.741. The molecule has 5 nitrogen and oxygen atoms in total. The second kappa shape index (κ2) is 6.47. The van der Waals surface area contributed by atoms with Crippen molar-refractivity contribution in [3.63, 3.8) is 0 Å². The maximum atomic E-state index is 5.84. The van der Waals surface area contributed by atoms with Crippen molar-refractivity contribution in [1.29, 1.82) is 0 Å². The molecule has 0 aliphatic rings. The van der Waals surface area contributed by atoms with Gasteiger partial charge in [0.15, 0.2) is 5.82 Å². The van der Waals surface area contributed by atoms with Crippen molar-refractivity contribution in [3.8, 4) is 0 Å². The molecule has 2 rings (SSSR count). The lowest BCUT2D eigenvalue weighted by molar-refractivity contribution is 0.505. The summed E-state index contributed by atoms with van der Waals surface area (Å²) in [6.45, 7) is 1.58. The van der Waals surface area contributed by atoms with Gasteiger partial charge in [0.1, 0.15) is 0 Å². The summed E-state index contributed by atoms with van der Waals surface area (Å²) in [5.41, 5.74) is 1.23. The third-order valence-electron chi connectivity index (χ3n) is 2.61. The maximum absolute atomic E-state index is 5.84. The molecule has 0 fully saturated rings. The molecule has 1 aromatic heterocycles. The number of benzene rings is 1. The molecule has 0 radical (unpaired) electrons. The third kappa shape index (κ3) is 3.78. The highest BCUT2D eigenvalue weighted by atomic mass is 35.5. The van der Waals surface area contributed by atoms with Crippen LogP contribution in [0.4, 0.5) is 0 Å². The van der Waals surface area contributed by atoms with Crippen molar-refractivity contribution in [3.05, 3.63) is 40.7 Å². The molecule has 96 valence electrons. The Morgan fingerprint density at radius 1 is 1.22 bits per heavy atom. The van der Waals surface area contributed by atoms with Crippen molar-refractivity contribution in [2.45, 2.75) is 19.4 Å². The van der Waals surface area contributed by atoms with E-state index in [0.717, 1.165) is 36.8 Å². The number of hydrogen-bond acceptors (Lipinski definition) is 4. The molecular formula is C12H16ClN5. The Morgan fingerprint density at radius 3 is 2.72 bits per heavy atom. The van der Waals surface area contributed by atoms with Crippen molar-refractivity contribution in [2.24, 2.45) is 0 Å². The summed E-state index contributed by atoms with van der Waals surface area (Å²) in [4.78, 5) is 1.62. The number of aromatic nitrogens is 4. The molecule has 0 saturated heterocycles. The highest BCUT2D eigenvalue weighted by Crippen LogP contribution is 2.10. The summed E-state index contributed by atoms with van der Waals surface area (Å²) in [7, 11) is 1.90. The van der Waals surface area contributed by atoms with Gasteiger partial charge in [-0.3, -0.25) is 0 Å². The molecule has 1 N–H and O–H groups in total. The van der Waals surface area contributed by atoms with Crippen molar-refractivity contribution < 1.29 is 0 Å². The van der Waals surface area contributed by atoms with E-state index in [1.165, 1.54) is 5.56 Å². The van der Waals surface area contributed by atoms with Crippen molar-refractivity contribution in [2.75, 3.05) is 13.6 Å². The highest BCUT2D eigenvalue weighted by molar-refractivity contribution is 6.30. The van der Waals surface area contributed by atoms with Gasteiger partial charge in [0, 0.05) is 18.0 Å². The monoisotopic (exact) mass is 265 g/mol. The molecular weight excluding hydrogens is 250 g/mol. The number of aryl methyl sites for hydroxylation is 2. The van der Waals surface area contributed by atoms with Crippen LogP contribution >= 0.6 is 11.6 Å². The molecule has 1 heterocycles. The van der Waals surface area contributed by atoms with Gasteiger partial charge in [-0.1, -0.05) is 23.7 Å². The lowest BCUT2D eigenvalue weighted by Crippen LogP contribution is -2.16. The minimum Gasteiger partial charge on any atom is -0.318 e. The first kappa shape index (κ1) is 13.0. The van der Waals surface area contributed by atoms with Gasteiger partial charge in [-0.05, 0) is 36.4 Å². The van der Waals surface area contributed by atoms with Crippen LogP contribution in [0.5, 0.6) is 0 Å². The molecule has 0 unspecified atom stereocenters. The Balaban J connectivity index is 1.86. The number of halogens is 1. The summed E-state index contributed by atoms with van der Waals surface area (Å²) >= 11 is 5.84. The Labute approximate surface area is 111 Å². The molecule has 6 heteroatoms. The summed E-state index contributed by atoms with van der Waals surface area (Å²) < 4.78 is 0. The molecule has 0 bridgehead atoms. The summed E-state index contributed by atoms with van der Waals surface area (Å²) in [6, 6.07) is 7.84. The van der Waals surface area contributed by atoms with Crippen LogP contribution in [-0.2, 0) is 19.4 Å². The van der Waals surface area contributed by atoms with Crippen LogP contribution in [0.15, 0.2) is 24.3 Å². The summed E-state index contributed by atoms with van der Waals surface area (Å²) in [5.74, 6) is 0.779. The Hall–Kier alpha value is -1.46. The van der Waals surface area contributed by atoms with Crippen LogP contribution in [0.2, 0.25) is 5.02 Å². The summed E-state index contributed by atoms with van der Waals surface area (Å²) in [6.07, 6.45) is 1.69. The van der Waals surface area contributed by atoms with Crippen LogP contribution in [0.3, 0.4) is 0 Å². The minimum atomic E-state index is 0.741. The normalized spacial score (nSPS) is 10.8. The molecule has 0 amide bonds. The topological polar surface area (TPSA) is 55.6 Å². The fourth-order valence-corrected chi connectivity index (χ4v) is 1.72. The first-order chi connectivity index (χ1) is 8.78. The average Bonchev–Trinajstić information content (AvgIpc) is 2.84. The lowest BCUT2D eigenvalue weighted by Gasteiger charge is -1.98. The first-order valence-corrected chi connectivity index (χ1v) is 6.31. The maximum Gasteiger partial charge on any atom is 0.175 e.